The van der Waals surface area contributed by atoms with Gasteiger partial charge in [0.25, 0.3) is 0 Å². The number of hydrogen-bond acceptors (Lipinski definition) is 9. The lowest BCUT2D eigenvalue weighted by molar-refractivity contribution is -0.143. The first-order chi connectivity index (χ1) is 18.3. The molecule has 0 saturated heterocycles. The molecule has 4 amide bonds. The lowest BCUT2D eigenvalue weighted by Gasteiger charge is -2.25. The highest BCUT2D eigenvalue weighted by Crippen LogP contribution is 2.11. The molecular formula is C24H36N6O9. The summed E-state index contributed by atoms with van der Waals surface area (Å²) in [6.45, 7) is 0.290. The zero-order valence-electron chi connectivity index (χ0n) is 21.3. The molecule has 4 unspecified atom stereocenters. The van der Waals surface area contributed by atoms with Gasteiger partial charge in [-0.3, -0.25) is 24.0 Å². The first-order valence-electron chi connectivity index (χ1n) is 12.2. The van der Waals surface area contributed by atoms with Gasteiger partial charge in [0.2, 0.25) is 23.6 Å². The molecule has 1 aromatic rings. The van der Waals surface area contributed by atoms with E-state index >= 15 is 0 Å². The van der Waals surface area contributed by atoms with Gasteiger partial charge in [0.1, 0.15) is 23.9 Å². The Morgan fingerprint density at radius 2 is 1.36 bits per heavy atom. The van der Waals surface area contributed by atoms with E-state index in [0.29, 0.717) is 18.4 Å². The Bertz CT molecular complexity index is 1020. The summed E-state index contributed by atoms with van der Waals surface area (Å²) in [5.74, 6) is -6.23. The number of rotatable bonds is 18. The molecule has 1 aromatic carbocycles. The van der Waals surface area contributed by atoms with Gasteiger partial charge >= 0.3 is 11.9 Å². The van der Waals surface area contributed by atoms with Crippen LogP contribution in [0.25, 0.3) is 0 Å². The van der Waals surface area contributed by atoms with Crippen LogP contribution in [0.2, 0.25) is 0 Å². The molecule has 0 aromatic heterocycles. The van der Waals surface area contributed by atoms with E-state index in [1.807, 2.05) is 0 Å². The average Bonchev–Trinajstić information content (AvgIpc) is 2.86. The number of carboxylic acid groups (broad SMARTS) is 2. The number of phenols is 1. The highest BCUT2D eigenvalue weighted by Gasteiger charge is 2.31. The van der Waals surface area contributed by atoms with Crippen LogP contribution in [0.3, 0.4) is 0 Å². The number of aliphatic carboxylic acids is 2. The maximum absolute atomic E-state index is 13.0. The van der Waals surface area contributed by atoms with Crippen molar-refractivity contribution in [2.45, 2.75) is 69.1 Å². The van der Waals surface area contributed by atoms with Crippen molar-refractivity contribution in [2.75, 3.05) is 6.54 Å². The van der Waals surface area contributed by atoms with E-state index in [0.717, 1.165) is 0 Å². The maximum Gasteiger partial charge on any atom is 0.326 e. The third kappa shape index (κ3) is 12.7. The Morgan fingerprint density at radius 1 is 0.795 bits per heavy atom. The van der Waals surface area contributed by atoms with Gasteiger partial charge in [-0.2, -0.15) is 0 Å². The molecule has 4 atom stereocenters. The summed E-state index contributed by atoms with van der Waals surface area (Å²) in [7, 11) is 0. The van der Waals surface area contributed by atoms with Crippen molar-refractivity contribution >= 4 is 35.6 Å². The SMILES string of the molecule is NCCCCC(NC(=O)C(CC(N)=O)NC(=O)C(N)Cc1ccc(O)cc1)C(=O)NC(CCC(=O)O)C(=O)O. The quantitative estimate of drug-likeness (QED) is 0.0871. The second-order valence-corrected chi connectivity index (χ2v) is 8.89. The van der Waals surface area contributed by atoms with E-state index in [1.165, 1.54) is 12.1 Å². The minimum Gasteiger partial charge on any atom is -0.508 e. The van der Waals surface area contributed by atoms with Gasteiger partial charge in [-0.15, -0.1) is 0 Å². The molecule has 39 heavy (non-hydrogen) atoms. The molecule has 0 aliphatic carbocycles. The molecule has 15 nitrogen and oxygen atoms in total. The van der Waals surface area contributed by atoms with Gasteiger partial charge < -0.3 is 48.5 Å². The van der Waals surface area contributed by atoms with Crippen molar-refractivity contribution < 1.29 is 44.1 Å². The van der Waals surface area contributed by atoms with Crippen LogP contribution in [0.15, 0.2) is 24.3 Å². The Hall–Kier alpha value is -4.24. The molecule has 12 N–H and O–H groups in total. The van der Waals surface area contributed by atoms with Gasteiger partial charge in [0.05, 0.1) is 12.5 Å². The highest BCUT2D eigenvalue weighted by atomic mass is 16.4. The van der Waals surface area contributed by atoms with E-state index in [1.54, 1.807) is 12.1 Å². The number of carbonyl (C=O) groups excluding carboxylic acids is 4. The van der Waals surface area contributed by atoms with Crippen LogP contribution in [0, 0.1) is 0 Å². The maximum atomic E-state index is 13.0. The molecule has 0 fully saturated rings. The van der Waals surface area contributed by atoms with Crippen LogP contribution < -0.4 is 33.2 Å². The predicted octanol–water partition coefficient (Wildman–Crippen LogP) is -2.33. The summed E-state index contributed by atoms with van der Waals surface area (Å²) in [4.78, 5) is 72.4. The van der Waals surface area contributed by atoms with Gasteiger partial charge in [-0.05, 0) is 56.3 Å². The lowest BCUT2D eigenvalue weighted by Crippen LogP contribution is -2.57. The third-order valence-electron chi connectivity index (χ3n) is 5.61. The van der Waals surface area contributed by atoms with E-state index < -0.39 is 72.6 Å². The number of carbonyl (C=O) groups is 6. The fraction of sp³-hybridized carbons (Fsp3) is 0.500. The molecule has 0 spiro atoms. The zero-order chi connectivity index (χ0) is 29.5. The van der Waals surface area contributed by atoms with Crippen LogP contribution >= 0.6 is 0 Å². The van der Waals surface area contributed by atoms with Crippen molar-refractivity contribution in [2.24, 2.45) is 17.2 Å². The van der Waals surface area contributed by atoms with Gasteiger partial charge in [0, 0.05) is 6.42 Å². The monoisotopic (exact) mass is 552 g/mol. The van der Waals surface area contributed by atoms with Crippen molar-refractivity contribution in [1.82, 2.24) is 16.0 Å². The Morgan fingerprint density at radius 3 is 1.90 bits per heavy atom. The van der Waals surface area contributed by atoms with E-state index in [2.05, 4.69) is 16.0 Å². The van der Waals surface area contributed by atoms with Gasteiger partial charge in [-0.25, -0.2) is 4.79 Å². The molecule has 0 aliphatic heterocycles. The third-order valence-corrected chi connectivity index (χ3v) is 5.61. The first-order valence-corrected chi connectivity index (χ1v) is 12.2. The van der Waals surface area contributed by atoms with E-state index in [9.17, 15) is 39.0 Å². The van der Waals surface area contributed by atoms with Crippen molar-refractivity contribution in [1.29, 1.82) is 0 Å². The summed E-state index contributed by atoms with van der Waals surface area (Å²) in [6.07, 6.45) is -0.582. The van der Waals surface area contributed by atoms with E-state index in [4.69, 9.17) is 22.3 Å². The van der Waals surface area contributed by atoms with Crippen LogP contribution in [-0.4, -0.2) is 81.6 Å². The predicted molar refractivity (Wildman–Crippen MR) is 137 cm³/mol. The van der Waals surface area contributed by atoms with Crippen LogP contribution in [-0.2, 0) is 35.2 Å². The van der Waals surface area contributed by atoms with Crippen molar-refractivity contribution in [3.05, 3.63) is 29.8 Å². The number of aromatic hydroxyl groups is 1. The molecule has 1 rings (SSSR count). The van der Waals surface area contributed by atoms with Crippen molar-refractivity contribution in [3.63, 3.8) is 0 Å². The molecule has 15 heteroatoms. The number of phenolic OH excluding ortho intramolecular Hbond substituents is 1. The first kappa shape index (κ1) is 32.8. The minimum atomic E-state index is -1.53. The van der Waals surface area contributed by atoms with E-state index in [-0.39, 0.29) is 31.6 Å². The number of nitrogens with two attached hydrogens (primary N) is 3. The van der Waals surface area contributed by atoms with Crippen LogP contribution in [0.4, 0.5) is 0 Å². The zero-order valence-corrected chi connectivity index (χ0v) is 21.3. The molecule has 0 saturated carbocycles. The molecule has 0 bridgehead atoms. The molecule has 0 radical (unpaired) electrons. The lowest BCUT2D eigenvalue weighted by atomic mass is 10.0. The standard InChI is InChI=1S/C24H36N6O9/c25-10-2-1-3-16(22(36)29-17(24(38)39)8-9-20(33)34)28-23(37)18(12-19(27)32)30-21(35)15(26)11-13-4-6-14(31)7-5-13/h4-7,15-18,31H,1-3,8-12,25-26H2,(H2,27,32)(H,28,37)(H,29,36)(H,30,35)(H,33,34)(H,38,39). The molecule has 0 aliphatic rings. The smallest absolute Gasteiger partial charge is 0.326 e. The van der Waals surface area contributed by atoms with Gasteiger partial charge in [-0.1, -0.05) is 12.1 Å². The molecular weight excluding hydrogens is 516 g/mol. The Kier molecular flexibility index (Phi) is 13.9. The number of carboxylic acids is 2. The number of benzene rings is 1. The van der Waals surface area contributed by atoms with Crippen molar-refractivity contribution in [3.8, 4) is 5.75 Å². The Balaban J connectivity index is 2.98. The topological polar surface area (TPSA) is 277 Å². The summed E-state index contributed by atoms with van der Waals surface area (Å²) in [6, 6.07) is 0.504. The summed E-state index contributed by atoms with van der Waals surface area (Å²) in [5, 5.41) is 34.5. The summed E-state index contributed by atoms with van der Waals surface area (Å²) in [5.41, 5.74) is 17.3. The number of hydrogen-bond donors (Lipinski definition) is 9. The van der Waals surface area contributed by atoms with Crippen LogP contribution in [0.1, 0.15) is 44.1 Å². The summed E-state index contributed by atoms with van der Waals surface area (Å²) >= 11 is 0. The largest absolute Gasteiger partial charge is 0.508 e. The number of amides is 4. The van der Waals surface area contributed by atoms with Crippen LogP contribution in [0.5, 0.6) is 5.75 Å². The fourth-order valence-electron chi connectivity index (χ4n) is 3.50. The molecule has 216 valence electrons. The number of primary amides is 1. The second kappa shape index (κ2) is 16.6. The molecule has 0 heterocycles. The number of nitrogens with one attached hydrogen (secondary N) is 3. The average molecular weight is 553 g/mol. The van der Waals surface area contributed by atoms with Gasteiger partial charge in [0.15, 0.2) is 0 Å². The summed E-state index contributed by atoms with van der Waals surface area (Å²) < 4.78 is 0. The Labute approximate surface area is 224 Å². The number of unbranched alkanes of at least 4 members (excludes halogenated alkanes) is 1. The second-order valence-electron chi connectivity index (χ2n) is 8.89. The minimum absolute atomic E-state index is 0.0246. The normalized spacial score (nSPS) is 13.8. The highest BCUT2D eigenvalue weighted by molar-refractivity contribution is 5.96. The fourth-order valence-corrected chi connectivity index (χ4v) is 3.50.